The summed E-state index contributed by atoms with van der Waals surface area (Å²) in [5.74, 6) is -4.15. The molecular weight excluding hydrogens is 296 g/mol. The summed E-state index contributed by atoms with van der Waals surface area (Å²) in [4.78, 5) is 9.56. The number of hydrogen-bond acceptors (Lipinski definition) is 5. The highest BCUT2D eigenvalue weighted by Crippen LogP contribution is 2.27. The lowest BCUT2D eigenvalue weighted by atomic mass is 10.1. The Labute approximate surface area is 111 Å². The average Bonchev–Trinajstić information content (AvgIpc) is 2.74. The normalized spacial score (nSPS) is 11.6. The number of carbonyl (C=O) groups is 1. The van der Waals surface area contributed by atoms with Crippen molar-refractivity contribution in [1.29, 1.82) is 0 Å². The first-order valence-corrected chi connectivity index (χ1v) is 6.99. The number of aromatic carboxylic acids is 1. The molecule has 2 rings (SSSR count). The van der Waals surface area contributed by atoms with E-state index in [0.29, 0.717) is 6.26 Å². The maximum Gasteiger partial charge on any atom is 0.358 e. The zero-order valence-corrected chi connectivity index (χ0v) is 10.7. The van der Waals surface area contributed by atoms with E-state index >= 15 is 0 Å². The highest BCUT2D eigenvalue weighted by molar-refractivity contribution is 7.90. The molecule has 0 bridgehead atoms. The van der Waals surface area contributed by atoms with Crippen LogP contribution in [0.3, 0.4) is 0 Å². The van der Waals surface area contributed by atoms with Gasteiger partial charge in [0.05, 0.1) is 0 Å². The summed E-state index contributed by atoms with van der Waals surface area (Å²) in [5.41, 5.74) is -0.597. The van der Waals surface area contributed by atoms with E-state index in [0.717, 1.165) is 18.2 Å². The number of carboxylic acids is 1. The second-order valence-electron chi connectivity index (χ2n) is 3.92. The van der Waals surface area contributed by atoms with Gasteiger partial charge >= 0.3 is 5.97 Å². The van der Waals surface area contributed by atoms with E-state index in [1.54, 1.807) is 0 Å². The summed E-state index contributed by atoms with van der Waals surface area (Å²) in [6.07, 6.45) is 0.672. The van der Waals surface area contributed by atoms with Gasteiger partial charge in [-0.05, 0) is 12.1 Å². The maximum absolute atomic E-state index is 13.7. The lowest BCUT2D eigenvalue weighted by Crippen LogP contribution is -2.04. The van der Waals surface area contributed by atoms with Gasteiger partial charge in [-0.1, -0.05) is 5.16 Å². The van der Waals surface area contributed by atoms with Gasteiger partial charge in [-0.25, -0.2) is 22.0 Å². The van der Waals surface area contributed by atoms with E-state index in [1.807, 2.05) is 0 Å². The summed E-state index contributed by atoms with van der Waals surface area (Å²) < 4.78 is 54.4. The second kappa shape index (κ2) is 4.67. The molecule has 0 aliphatic heterocycles. The van der Waals surface area contributed by atoms with Crippen molar-refractivity contribution in [2.75, 3.05) is 6.26 Å². The Morgan fingerprint density at radius 3 is 2.20 bits per heavy atom. The third-order valence-electron chi connectivity index (χ3n) is 2.38. The molecule has 0 fully saturated rings. The van der Waals surface area contributed by atoms with Crippen LogP contribution in [0, 0.1) is 11.6 Å². The van der Waals surface area contributed by atoms with Crippen LogP contribution in [-0.4, -0.2) is 30.9 Å². The van der Waals surface area contributed by atoms with Gasteiger partial charge in [0.2, 0.25) is 0 Å². The highest BCUT2D eigenvalue weighted by atomic mass is 32.2. The molecule has 9 heteroatoms. The number of benzene rings is 1. The molecule has 6 nitrogen and oxygen atoms in total. The first kappa shape index (κ1) is 14.1. The maximum atomic E-state index is 13.7. The Morgan fingerprint density at radius 2 is 1.80 bits per heavy atom. The number of hydrogen-bond donors (Lipinski definition) is 1. The van der Waals surface area contributed by atoms with E-state index < -0.39 is 38.0 Å². The molecule has 0 atom stereocenters. The SMILES string of the molecule is CS(=O)(=O)c1c(F)cc(-c2cc(C(=O)O)no2)cc1F. The minimum atomic E-state index is -4.06. The third-order valence-corrected chi connectivity index (χ3v) is 3.51. The minimum Gasteiger partial charge on any atom is -0.476 e. The molecule has 1 aromatic heterocycles. The fourth-order valence-electron chi connectivity index (χ4n) is 1.57. The Hall–Kier alpha value is -2.29. The third kappa shape index (κ3) is 2.52. The number of nitrogens with zero attached hydrogens (tertiary/aromatic N) is 1. The van der Waals surface area contributed by atoms with Crippen LogP contribution < -0.4 is 0 Å². The largest absolute Gasteiger partial charge is 0.476 e. The van der Waals surface area contributed by atoms with E-state index in [2.05, 4.69) is 9.68 Å². The van der Waals surface area contributed by atoms with E-state index in [-0.39, 0.29) is 11.3 Å². The van der Waals surface area contributed by atoms with Gasteiger partial charge in [0.15, 0.2) is 21.3 Å². The monoisotopic (exact) mass is 303 g/mol. The molecule has 1 heterocycles. The van der Waals surface area contributed by atoms with Crippen LogP contribution in [0.5, 0.6) is 0 Å². The molecule has 106 valence electrons. The first-order chi connectivity index (χ1) is 9.20. The van der Waals surface area contributed by atoms with Crippen LogP contribution in [0.4, 0.5) is 8.78 Å². The van der Waals surface area contributed by atoms with Gasteiger partial charge in [0, 0.05) is 17.9 Å². The molecule has 1 N–H and O–H groups in total. The quantitative estimate of drug-likeness (QED) is 0.927. The predicted molar refractivity (Wildman–Crippen MR) is 61.9 cm³/mol. The van der Waals surface area contributed by atoms with Crippen molar-refractivity contribution in [3.63, 3.8) is 0 Å². The van der Waals surface area contributed by atoms with Gasteiger partial charge in [-0.2, -0.15) is 0 Å². The Balaban J connectivity index is 2.57. The zero-order valence-electron chi connectivity index (χ0n) is 9.92. The highest BCUT2D eigenvalue weighted by Gasteiger charge is 2.22. The van der Waals surface area contributed by atoms with Gasteiger partial charge in [-0.15, -0.1) is 0 Å². The van der Waals surface area contributed by atoms with Crippen LogP contribution >= 0.6 is 0 Å². The molecule has 0 amide bonds. The van der Waals surface area contributed by atoms with Crippen LogP contribution in [0.1, 0.15) is 10.5 Å². The topological polar surface area (TPSA) is 97.5 Å². The molecule has 0 radical (unpaired) electrons. The van der Waals surface area contributed by atoms with Crippen LogP contribution in [0.15, 0.2) is 27.6 Å². The van der Waals surface area contributed by atoms with Crippen LogP contribution in [0.25, 0.3) is 11.3 Å². The molecule has 0 aliphatic carbocycles. The van der Waals surface area contributed by atoms with Crippen molar-refractivity contribution >= 4 is 15.8 Å². The van der Waals surface area contributed by atoms with E-state index in [1.165, 1.54) is 0 Å². The fourth-order valence-corrected chi connectivity index (χ4v) is 2.39. The van der Waals surface area contributed by atoms with Crippen molar-refractivity contribution in [3.8, 4) is 11.3 Å². The van der Waals surface area contributed by atoms with E-state index in [9.17, 15) is 22.0 Å². The van der Waals surface area contributed by atoms with Crippen molar-refractivity contribution in [3.05, 3.63) is 35.5 Å². The molecule has 20 heavy (non-hydrogen) atoms. The predicted octanol–water partition coefficient (Wildman–Crippen LogP) is 1.72. The molecule has 0 aliphatic rings. The smallest absolute Gasteiger partial charge is 0.358 e. The summed E-state index contributed by atoms with van der Waals surface area (Å²) in [7, 11) is -4.06. The number of aromatic nitrogens is 1. The molecule has 0 unspecified atom stereocenters. The van der Waals surface area contributed by atoms with Gasteiger partial charge in [0.25, 0.3) is 0 Å². The van der Waals surface area contributed by atoms with E-state index in [4.69, 9.17) is 5.11 Å². The van der Waals surface area contributed by atoms with Crippen molar-refractivity contribution < 1.29 is 31.6 Å². The molecule has 0 spiro atoms. The second-order valence-corrected chi connectivity index (χ2v) is 5.88. The summed E-state index contributed by atoms with van der Waals surface area (Å²) in [6, 6.07) is 2.42. The van der Waals surface area contributed by atoms with Gasteiger partial charge in [-0.3, -0.25) is 0 Å². The van der Waals surface area contributed by atoms with Gasteiger partial charge in [0.1, 0.15) is 16.5 Å². The number of halogens is 2. The first-order valence-electron chi connectivity index (χ1n) is 5.09. The Morgan fingerprint density at radius 1 is 1.25 bits per heavy atom. The van der Waals surface area contributed by atoms with Crippen LogP contribution in [-0.2, 0) is 9.84 Å². The number of carboxylic acid groups (broad SMARTS) is 1. The van der Waals surface area contributed by atoms with Crippen molar-refractivity contribution in [1.82, 2.24) is 5.16 Å². The summed E-state index contributed by atoms with van der Waals surface area (Å²) >= 11 is 0. The summed E-state index contributed by atoms with van der Waals surface area (Å²) in [6.45, 7) is 0. The lowest BCUT2D eigenvalue weighted by molar-refractivity contribution is 0.0685. The Bertz CT molecular complexity index is 774. The number of sulfone groups is 1. The minimum absolute atomic E-state index is 0.160. The van der Waals surface area contributed by atoms with Crippen molar-refractivity contribution in [2.24, 2.45) is 0 Å². The number of rotatable bonds is 3. The molecule has 0 saturated heterocycles. The Kier molecular flexibility index (Phi) is 3.30. The van der Waals surface area contributed by atoms with Crippen LogP contribution in [0.2, 0.25) is 0 Å². The standard InChI is InChI=1S/C11H7F2NO5S/c1-20(17,18)10-6(12)2-5(3-7(10)13)9-4-8(11(15)16)14-19-9/h2-4H,1H3,(H,15,16). The average molecular weight is 303 g/mol. The zero-order chi connectivity index (χ0) is 15.1. The summed E-state index contributed by atoms with van der Waals surface area (Å²) in [5, 5.41) is 11.8. The molecule has 1 aromatic carbocycles. The lowest BCUT2D eigenvalue weighted by Gasteiger charge is -2.04. The molecule has 2 aromatic rings. The molecular formula is C11H7F2NO5S. The van der Waals surface area contributed by atoms with Gasteiger partial charge < -0.3 is 9.63 Å². The van der Waals surface area contributed by atoms with Crippen molar-refractivity contribution in [2.45, 2.75) is 4.90 Å². The fraction of sp³-hybridized carbons (Fsp3) is 0.0909. The molecule has 0 saturated carbocycles.